The molecule has 25 heavy (non-hydrogen) atoms. The van der Waals surface area contributed by atoms with Crippen LogP contribution in [0.3, 0.4) is 0 Å². The summed E-state index contributed by atoms with van der Waals surface area (Å²) in [5.41, 5.74) is 1.74. The number of benzene rings is 1. The Hall–Kier alpha value is -3.15. The summed E-state index contributed by atoms with van der Waals surface area (Å²) in [7, 11) is 1.80. The molecule has 1 aromatic carbocycles. The lowest BCUT2D eigenvalue weighted by molar-refractivity contribution is -0.120. The summed E-state index contributed by atoms with van der Waals surface area (Å²) in [4.78, 5) is 16.4. The summed E-state index contributed by atoms with van der Waals surface area (Å²) in [5.74, 6) is 0.991. The van der Waals surface area contributed by atoms with Crippen molar-refractivity contribution in [2.45, 2.75) is 6.92 Å². The first-order valence-electron chi connectivity index (χ1n) is 8.06. The van der Waals surface area contributed by atoms with Crippen LogP contribution in [-0.2, 0) is 11.8 Å². The fourth-order valence-corrected chi connectivity index (χ4v) is 2.31. The lowest BCUT2D eigenvalue weighted by Crippen LogP contribution is -2.26. The molecule has 1 N–H and O–H groups in total. The topological polar surface area (TPSA) is 69.0 Å². The van der Waals surface area contributed by atoms with E-state index in [1.165, 1.54) is 0 Å². The summed E-state index contributed by atoms with van der Waals surface area (Å²) in [6, 6.07) is 15.1. The van der Waals surface area contributed by atoms with Gasteiger partial charge in [0.05, 0.1) is 18.2 Å². The maximum absolute atomic E-state index is 12.4. The number of aryl methyl sites for hydroxylation is 1. The van der Waals surface area contributed by atoms with Gasteiger partial charge in [-0.15, -0.1) is 0 Å². The van der Waals surface area contributed by atoms with Gasteiger partial charge in [-0.25, -0.2) is 0 Å². The Morgan fingerprint density at radius 1 is 1.20 bits per heavy atom. The number of rotatable bonds is 6. The Morgan fingerprint density at radius 2 is 1.92 bits per heavy atom. The molecule has 1 amide bonds. The van der Waals surface area contributed by atoms with Gasteiger partial charge >= 0.3 is 0 Å². The molecule has 128 valence electrons. The number of amides is 1. The number of carbonyl (C=O) groups excluding carboxylic acids is 1. The fourth-order valence-electron chi connectivity index (χ4n) is 2.31. The molecule has 2 aromatic heterocycles. The van der Waals surface area contributed by atoms with Crippen molar-refractivity contribution in [3.63, 3.8) is 0 Å². The number of para-hydroxylation sites is 1. The van der Waals surface area contributed by atoms with E-state index in [0.717, 1.165) is 17.0 Å². The zero-order chi connectivity index (χ0) is 17.6. The molecule has 0 unspecified atom stereocenters. The Bertz CT molecular complexity index is 831. The molecule has 0 aliphatic carbocycles. The zero-order valence-electron chi connectivity index (χ0n) is 14.2. The van der Waals surface area contributed by atoms with E-state index >= 15 is 0 Å². The molecule has 0 fully saturated rings. The number of pyridine rings is 1. The molecule has 0 saturated heterocycles. The molecule has 0 radical (unpaired) electrons. The minimum absolute atomic E-state index is 0.111. The van der Waals surface area contributed by atoms with Crippen molar-refractivity contribution in [1.82, 2.24) is 14.8 Å². The van der Waals surface area contributed by atoms with Gasteiger partial charge in [0.15, 0.2) is 0 Å². The van der Waals surface area contributed by atoms with Crippen LogP contribution in [-0.4, -0.2) is 27.3 Å². The van der Waals surface area contributed by atoms with Crippen molar-refractivity contribution in [3.05, 3.63) is 60.9 Å². The lowest BCUT2D eigenvalue weighted by Gasteiger charge is -2.13. The molecular weight excluding hydrogens is 316 g/mol. The van der Waals surface area contributed by atoms with Gasteiger partial charge in [0.1, 0.15) is 11.6 Å². The van der Waals surface area contributed by atoms with Crippen molar-refractivity contribution < 1.29 is 9.53 Å². The molecule has 6 heteroatoms. The van der Waals surface area contributed by atoms with E-state index in [4.69, 9.17) is 4.74 Å². The van der Waals surface area contributed by atoms with E-state index < -0.39 is 0 Å². The van der Waals surface area contributed by atoms with Gasteiger partial charge in [0.25, 0.3) is 0 Å². The summed E-state index contributed by atoms with van der Waals surface area (Å²) in [6.45, 7) is 2.14. The largest absolute Gasteiger partial charge is 0.493 e. The summed E-state index contributed by atoms with van der Waals surface area (Å²) < 4.78 is 7.29. The van der Waals surface area contributed by atoms with Gasteiger partial charge in [0.2, 0.25) is 5.91 Å². The SMILES string of the molecule is C[C@H](COc1ccccc1)C(=O)Nc1cc(-c2ccncc2)nn1C. The Labute approximate surface area is 146 Å². The Balaban J connectivity index is 1.61. The van der Waals surface area contributed by atoms with Crippen LogP contribution < -0.4 is 10.1 Å². The second kappa shape index (κ2) is 7.61. The van der Waals surface area contributed by atoms with E-state index in [2.05, 4.69) is 15.4 Å². The second-order valence-electron chi connectivity index (χ2n) is 5.79. The summed E-state index contributed by atoms with van der Waals surface area (Å²) in [5, 5.41) is 7.33. The Kier molecular flexibility index (Phi) is 5.09. The van der Waals surface area contributed by atoms with Crippen LogP contribution in [0.1, 0.15) is 6.92 Å². The first-order valence-corrected chi connectivity index (χ1v) is 8.06. The smallest absolute Gasteiger partial charge is 0.231 e. The van der Waals surface area contributed by atoms with Crippen LogP contribution in [0, 0.1) is 5.92 Å². The molecule has 0 aliphatic rings. The van der Waals surface area contributed by atoms with Gasteiger partial charge in [-0.2, -0.15) is 5.10 Å². The molecule has 6 nitrogen and oxygen atoms in total. The first-order chi connectivity index (χ1) is 12.1. The average Bonchev–Trinajstić information content (AvgIpc) is 3.02. The number of nitrogens with one attached hydrogen (secondary N) is 1. The van der Waals surface area contributed by atoms with Crippen molar-refractivity contribution in [3.8, 4) is 17.0 Å². The predicted molar refractivity (Wildman–Crippen MR) is 96.2 cm³/mol. The van der Waals surface area contributed by atoms with Crippen LogP contribution in [0.4, 0.5) is 5.82 Å². The van der Waals surface area contributed by atoms with Gasteiger partial charge < -0.3 is 10.1 Å². The van der Waals surface area contributed by atoms with Crippen LogP contribution in [0.5, 0.6) is 5.75 Å². The fraction of sp³-hybridized carbons (Fsp3) is 0.211. The molecule has 1 atom stereocenters. The lowest BCUT2D eigenvalue weighted by atomic mass is 10.2. The third-order valence-corrected chi connectivity index (χ3v) is 3.80. The van der Waals surface area contributed by atoms with Gasteiger partial charge in [-0.3, -0.25) is 14.5 Å². The van der Waals surface area contributed by atoms with Crippen LogP contribution in [0.15, 0.2) is 60.9 Å². The minimum Gasteiger partial charge on any atom is -0.493 e. The van der Waals surface area contributed by atoms with Crippen molar-refractivity contribution in [1.29, 1.82) is 0 Å². The minimum atomic E-state index is -0.292. The van der Waals surface area contributed by atoms with E-state index in [-0.39, 0.29) is 11.8 Å². The van der Waals surface area contributed by atoms with E-state index in [1.807, 2.05) is 55.5 Å². The molecule has 0 bridgehead atoms. The predicted octanol–water partition coefficient (Wildman–Crippen LogP) is 3.14. The standard InChI is InChI=1S/C19H20N4O2/c1-14(13-25-16-6-4-3-5-7-16)19(24)21-18-12-17(22-23(18)2)15-8-10-20-11-9-15/h3-12,14H,13H2,1-2H3,(H,21,24)/t14-/m1/s1. The number of aromatic nitrogens is 3. The number of hydrogen-bond acceptors (Lipinski definition) is 4. The van der Waals surface area contributed by atoms with Crippen molar-refractivity contribution in [2.24, 2.45) is 13.0 Å². The summed E-state index contributed by atoms with van der Waals surface area (Å²) in [6.07, 6.45) is 3.43. The number of hydrogen-bond donors (Lipinski definition) is 1. The summed E-state index contributed by atoms with van der Waals surface area (Å²) >= 11 is 0. The highest BCUT2D eigenvalue weighted by Crippen LogP contribution is 2.21. The molecule has 0 aliphatic heterocycles. The maximum atomic E-state index is 12.4. The number of anilines is 1. The van der Waals surface area contributed by atoms with Gasteiger partial charge in [-0.1, -0.05) is 25.1 Å². The van der Waals surface area contributed by atoms with E-state index in [9.17, 15) is 4.79 Å². The Morgan fingerprint density at radius 3 is 2.64 bits per heavy atom. The third-order valence-electron chi connectivity index (χ3n) is 3.80. The van der Waals surface area contributed by atoms with Crippen molar-refractivity contribution in [2.75, 3.05) is 11.9 Å². The number of ether oxygens (including phenoxy) is 1. The normalized spacial score (nSPS) is 11.8. The zero-order valence-corrected chi connectivity index (χ0v) is 14.2. The first kappa shape index (κ1) is 16.7. The number of nitrogens with zero attached hydrogens (tertiary/aromatic N) is 3. The highest BCUT2D eigenvalue weighted by Gasteiger charge is 2.16. The molecule has 3 aromatic rings. The average molecular weight is 336 g/mol. The van der Waals surface area contributed by atoms with E-state index in [0.29, 0.717) is 12.4 Å². The molecule has 0 saturated carbocycles. The molecular formula is C19H20N4O2. The highest BCUT2D eigenvalue weighted by molar-refractivity contribution is 5.92. The molecule has 3 rings (SSSR count). The molecule has 2 heterocycles. The van der Waals surface area contributed by atoms with Gasteiger partial charge in [-0.05, 0) is 24.3 Å². The van der Waals surface area contributed by atoms with Gasteiger partial charge in [0, 0.05) is 31.1 Å². The van der Waals surface area contributed by atoms with Crippen LogP contribution in [0.25, 0.3) is 11.3 Å². The maximum Gasteiger partial charge on any atom is 0.231 e. The number of carbonyl (C=O) groups is 1. The van der Waals surface area contributed by atoms with Crippen LogP contribution >= 0.6 is 0 Å². The van der Waals surface area contributed by atoms with Crippen molar-refractivity contribution >= 4 is 11.7 Å². The third kappa shape index (κ3) is 4.23. The quantitative estimate of drug-likeness (QED) is 0.751. The molecule has 0 spiro atoms. The monoisotopic (exact) mass is 336 g/mol. The van der Waals surface area contributed by atoms with E-state index in [1.54, 1.807) is 24.1 Å². The highest BCUT2D eigenvalue weighted by atomic mass is 16.5. The van der Waals surface area contributed by atoms with Crippen LogP contribution in [0.2, 0.25) is 0 Å². The second-order valence-corrected chi connectivity index (χ2v) is 5.79.